The van der Waals surface area contributed by atoms with Crippen LogP contribution in [0.5, 0.6) is 23.0 Å². The van der Waals surface area contributed by atoms with Gasteiger partial charge in [-0.3, -0.25) is 9.36 Å². The van der Waals surface area contributed by atoms with Gasteiger partial charge in [0.2, 0.25) is 0 Å². The highest BCUT2D eigenvalue weighted by molar-refractivity contribution is 7.07. The maximum Gasteiger partial charge on any atom is 0.337 e. The van der Waals surface area contributed by atoms with Crippen LogP contribution in [0.1, 0.15) is 36.6 Å². The van der Waals surface area contributed by atoms with Crippen LogP contribution in [0, 0.1) is 0 Å². The predicted octanol–water partition coefficient (Wildman–Crippen LogP) is 5.06. The number of methoxy groups -OCH3 is 2. The number of hydrogen-bond acceptors (Lipinski definition) is 9. The molecule has 228 valence electrons. The lowest BCUT2D eigenvalue weighted by Crippen LogP contribution is -2.39. The van der Waals surface area contributed by atoms with Gasteiger partial charge >= 0.3 is 5.97 Å². The van der Waals surface area contributed by atoms with Gasteiger partial charge in [0.15, 0.2) is 27.8 Å². The molecule has 0 fully saturated rings. The molecule has 0 bridgehead atoms. The number of esters is 1. The first-order valence-corrected chi connectivity index (χ1v) is 15.1. The Hall–Kier alpha value is -4.54. The second-order valence-electron chi connectivity index (χ2n) is 9.57. The number of ether oxygens (including phenoxy) is 5. The second kappa shape index (κ2) is 13.8. The topological polar surface area (TPSA) is 97.6 Å². The molecule has 1 aliphatic rings. The maximum absolute atomic E-state index is 13.9. The number of carbonyl (C=O) groups excluding carboxylic acids is 1. The fourth-order valence-electron chi connectivity index (χ4n) is 4.77. The summed E-state index contributed by atoms with van der Waals surface area (Å²) in [7, 11) is 2.86. The number of benzene rings is 3. The number of carbonyl (C=O) groups is 1. The zero-order chi connectivity index (χ0) is 31.2. The second-order valence-corrected chi connectivity index (χ2v) is 11.0. The zero-order valence-corrected chi connectivity index (χ0v) is 26.2. The van der Waals surface area contributed by atoms with E-state index in [9.17, 15) is 9.59 Å². The van der Waals surface area contributed by atoms with Gasteiger partial charge in [0.25, 0.3) is 5.56 Å². The van der Waals surface area contributed by atoms with Crippen LogP contribution in [0.3, 0.4) is 0 Å². The molecule has 0 saturated carbocycles. The van der Waals surface area contributed by atoms with E-state index in [0.717, 1.165) is 11.1 Å². The van der Waals surface area contributed by atoms with Crippen LogP contribution in [-0.4, -0.2) is 38.0 Å². The molecular formula is C33H31ClN2O7S. The molecule has 0 saturated heterocycles. The Morgan fingerprint density at radius 3 is 2.34 bits per heavy atom. The molecule has 1 aromatic heterocycles. The monoisotopic (exact) mass is 634 g/mol. The van der Waals surface area contributed by atoms with Gasteiger partial charge in [-0.25, -0.2) is 9.79 Å². The van der Waals surface area contributed by atoms with E-state index in [0.29, 0.717) is 62.7 Å². The molecule has 11 heteroatoms. The van der Waals surface area contributed by atoms with Gasteiger partial charge in [0.1, 0.15) is 6.61 Å². The van der Waals surface area contributed by atoms with E-state index in [4.69, 9.17) is 35.3 Å². The number of fused-ring (bicyclic) bond motifs is 1. The summed E-state index contributed by atoms with van der Waals surface area (Å²) in [5.74, 6) is 1.58. The maximum atomic E-state index is 13.9. The summed E-state index contributed by atoms with van der Waals surface area (Å²) in [5.41, 5.74) is 2.27. The summed E-state index contributed by atoms with van der Waals surface area (Å²) in [6.45, 7) is 4.98. The van der Waals surface area contributed by atoms with Gasteiger partial charge < -0.3 is 23.7 Å². The van der Waals surface area contributed by atoms with E-state index in [1.54, 1.807) is 37.5 Å². The van der Waals surface area contributed by atoms with Crippen molar-refractivity contribution >= 4 is 35.0 Å². The van der Waals surface area contributed by atoms with Crippen LogP contribution < -0.4 is 33.8 Å². The molecule has 1 atom stereocenters. The third kappa shape index (κ3) is 6.51. The molecule has 2 heterocycles. The van der Waals surface area contributed by atoms with Gasteiger partial charge in [-0.05, 0) is 73.0 Å². The summed E-state index contributed by atoms with van der Waals surface area (Å²) >= 11 is 7.20. The predicted molar refractivity (Wildman–Crippen MR) is 169 cm³/mol. The number of rotatable bonds is 11. The number of thiazole rings is 1. The smallest absolute Gasteiger partial charge is 0.337 e. The summed E-state index contributed by atoms with van der Waals surface area (Å²) in [6.07, 6.45) is 3.22. The van der Waals surface area contributed by atoms with Crippen molar-refractivity contribution in [2.24, 2.45) is 4.99 Å². The van der Waals surface area contributed by atoms with E-state index in [1.165, 1.54) is 29.2 Å². The van der Waals surface area contributed by atoms with E-state index in [2.05, 4.69) is 4.99 Å². The van der Waals surface area contributed by atoms with Crippen molar-refractivity contribution in [2.45, 2.75) is 26.5 Å². The fraction of sp³-hybridized carbons (Fsp3) is 0.242. The standard InChI is InChI=1S/C33H31ClN2O7S/c1-5-41-26-14-10-22(17-28(26)42-6-2)30-24(32(38)40-4)18-35-33-36(30)31(37)29(44-33)16-21-9-13-25(27(15-21)39-3)43-19-20-7-11-23(34)12-8-20/h7-18,30H,5-6,19H2,1-4H3/b29-16-/t30-/m1/s1. The fourth-order valence-corrected chi connectivity index (χ4v) is 5.87. The van der Waals surface area contributed by atoms with Gasteiger partial charge in [0, 0.05) is 11.2 Å². The van der Waals surface area contributed by atoms with Crippen LogP contribution in [0.4, 0.5) is 0 Å². The molecule has 44 heavy (non-hydrogen) atoms. The number of nitrogens with zero attached hydrogens (tertiary/aromatic N) is 2. The molecule has 0 amide bonds. The first-order chi connectivity index (χ1) is 21.4. The van der Waals surface area contributed by atoms with Gasteiger partial charge in [-0.1, -0.05) is 47.2 Å². The molecule has 5 rings (SSSR count). The van der Waals surface area contributed by atoms with E-state index < -0.39 is 12.0 Å². The number of aromatic nitrogens is 1. The highest BCUT2D eigenvalue weighted by atomic mass is 35.5. The van der Waals surface area contributed by atoms with Crippen molar-refractivity contribution in [1.82, 2.24) is 4.57 Å². The van der Waals surface area contributed by atoms with Crippen LogP contribution in [0.2, 0.25) is 5.02 Å². The van der Waals surface area contributed by atoms with Crippen LogP contribution in [0.15, 0.2) is 82.2 Å². The number of hydrogen-bond donors (Lipinski definition) is 0. The number of halogens is 1. The van der Waals surface area contributed by atoms with Crippen molar-refractivity contribution in [1.29, 1.82) is 0 Å². The molecule has 0 N–H and O–H groups in total. The van der Waals surface area contributed by atoms with Gasteiger partial charge in [0.05, 0.1) is 43.6 Å². The van der Waals surface area contributed by atoms with E-state index in [1.807, 2.05) is 50.2 Å². The minimum absolute atomic E-state index is 0.224. The Balaban J connectivity index is 1.53. The lowest BCUT2D eigenvalue weighted by Gasteiger charge is -2.23. The lowest BCUT2D eigenvalue weighted by atomic mass is 9.97. The van der Waals surface area contributed by atoms with Crippen LogP contribution >= 0.6 is 22.9 Å². The van der Waals surface area contributed by atoms with Gasteiger partial charge in [-0.2, -0.15) is 0 Å². The molecule has 0 radical (unpaired) electrons. The molecule has 3 aromatic carbocycles. The zero-order valence-electron chi connectivity index (χ0n) is 24.7. The summed E-state index contributed by atoms with van der Waals surface area (Å²) in [6, 6.07) is 17.4. The normalized spacial score (nSPS) is 14.2. The minimum atomic E-state index is -0.783. The van der Waals surface area contributed by atoms with E-state index >= 15 is 0 Å². The summed E-state index contributed by atoms with van der Waals surface area (Å²) in [5, 5.41) is 0.656. The summed E-state index contributed by atoms with van der Waals surface area (Å²) < 4.78 is 30.1. The van der Waals surface area contributed by atoms with Crippen LogP contribution in [-0.2, 0) is 16.1 Å². The molecule has 0 spiro atoms. The van der Waals surface area contributed by atoms with E-state index in [-0.39, 0.29) is 11.1 Å². The average Bonchev–Trinajstić information content (AvgIpc) is 3.35. The third-order valence-electron chi connectivity index (χ3n) is 6.80. The quantitative estimate of drug-likeness (QED) is 0.213. The molecule has 0 aliphatic carbocycles. The van der Waals surface area contributed by atoms with Crippen molar-refractivity contribution < 1.29 is 28.5 Å². The van der Waals surface area contributed by atoms with Crippen molar-refractivity contribution in [3.63, 3.8) is 0 Å². The molecule has 4 aromatic rings. The Labute approximate surface area is 263 Å². The van der Waals surface area contributed by atoms with Gasteiger partial charge in [-0.15, -0.1) is 0 Å². The lowest BCUT2D eigenvalue weighted by molar-refractivity contribution is -0.136. The Morgan fingerprint density at radius 2 is 1.64 bits per heavy atom. The minimum Gasteiger partial charge on any atom is -0.493 e. The molecular weight excluding hydrogens is 604 g/mol. The Kier molecular flexibility index (Phi) is 9.72. The highest BCUT2D eigenvalue weighted by Gasteiger charge is 2.31. The largest absolute Gasteiger partial charge is 0.493 e. The Bertz CT molecular complexity index is 1880. The van der Waals surface area contributed by atoms with Crippen LogP contribution in [0.25, 0.3) is 6.08 Å². The highest BCUT2D eigenvalue weighted by Crippen LogP contribution is 2.35. The molecule has 1 aliphatic heterocycles. The van der Waals surface area contributed by atoms with Crippen molar-refractivity contribution in [3.8, 4) is 23.0 Å². The Morgan fingerprint density at radius 1 is 0.932 bits per heavy atom. The summed E-state index contributed by atoms with van der Waals surface area (Å²) in [4.78, 5) is 31.7. The first kappa shape index (κ1) is 30.9. The third-order valence-corrected chi connectivity index (χ3v) is 8.05. The average molecular weight is 635 g/mol. The SMILES string of the molecule is CCOc1ccc([C@@H]2C(C(=O)OC)=CN=c3s/c(=C\c4ccc(OCc5ccc(Cl)cc5)c(OC)c4)c(=O)n32)cc1OCC. The van der Waals surface area contributed by atoms with Crippen molar-refractivity contribution in [2.75, 3.05) is 27.4 Å². The molecule has 0 unspecified atom stereocenters. The molecule has 9 nitrogen and oxygen atoms in total. The first-order valence-electron chi connectivity index (χ1n) is 13.9. The van der Waals surface area contributed by atoms with Crippen molar-refractivity contribution in [3.05, 3.63) is 114 Å².